The average molecular weight is 255 g/mol. The molecule has 5 nitrogen and oxygen atoms in total. The van der Waals surface area contributed by atoms with Gasteiger partial charge in [0.15, 0.2) is 6.29 Å². The summed E-state index contributed by atoms with van der Waals surface area (Å²) < 4.78 is 25.5. The summed E-state index contributed by atoms with van der Waals surface area (Å²) in [5, 5.41) is 0. The first kappa shape index (κ1) is 12.4. The smallest absolute Gasteiger partial charge is 0.320 e. The van der Waals surface area contributed by atoms with Gasteiger partial charge in [0, 0.05) is 12.1 Å². The Morgan fingerprint density at radius 1 is 1.56 bits per heavy atom. The molecule has 2 N–H and O–H groups in total. The Labute approximate surface area is 102 Å². The lowest BCUT2D eigenvalue weighted by Gasteiger charge is -2.27. The highest BCUT2D eigenvalue weighted by Gasteiger charge is 2.26. The molecule has 1 aliphatic heterocycles. The lowest BCUT2D eigenvalue weighted by atomic mass is 10.0. The van der Waals surface area contributed by atoms with E-state index in [-0.39, 0.29) is 17.8 Å². The summed E-state index contributed by atoms with van der Waals surface area (Å²) in [5.74, 6) is 0.209. The molecular weight excluding hydrogens is 244 g/mol. The number of primary amides is 1. The molecule has 2 amide bonds. The van der Waals surface area contributed by atoms with E-state index < -0.39 is 18.0 Å². The van der Waals surface area contributed by atoms with Crippen molar-refractivity contribution in [2.75, 3.05) is 11.4 Å². The highest BCUT2D eigenvalue weighted by atomic mass is 19.3. The summed E-state index contributed by atoms with van der Waals surface area (Å²) in [6, 6.07) is 0.524. The molecule has 1 aliphatic rings. The number of nitrogens with two attached hydrogens (primary N) is 1. The maximum absolute atomic E-state index is 12.7. The van der Waals surface area contributed by atoms with Crippen LogP contribution in [0.25, 0.3) is 0 Å². The number of pyridine rings is 1. The third-order valence-corrected chi connectivity index (χ3v) is 2.84. The van der Waals surface area contributed by atoms with Crippen LogP contribution in [0.15, 0.2) is 6.07 Å². The lowest BCUT2D eigenvalue weighted by Crippen LogP contribution is -2.40. The van der Waals surface area contributed by atoms with Crippen LogP contribution < -0.4 is 10.6 Å². The fraction of sp³-hybridized carbons (Fsp3) is 0.364. The minimum absolute atomic E-state index is 0.209. The number of carbonyl (C=O) groups is 2. The van der Waals surface area contributed by atoms with Crippen molar-refractivity contribution in [2.24, 2.45) is 5.73 Å². The van der Waals surface area contributed by atoms with E-state index in [9.17, 15) is 18.4 Å². The van der Waals surface area contributed by atoms with Crippen molar-refractivity contribution in [3.63, 3.8) is 0 Å². The predicted molar refractivity (Wildman–Crippen MR) is 59.8 cm³/mol. The fourth-order valence-corrected chi connectivity index (χ4v) is 2.01. The number of alkyl halides is 2. The number of amides is 2. The average Bonchev–Trinajstić information content (AvgIpc) is 2.35. The van der Waals surface area contributed by atoms with Gasteiger partial charge in [-0.1, -0.05) is 0 Å². The SMILES string of the molecule is NC(=O)N1CCCc2cc(C(F)F)c(C=O)nc21. The molecule has 0 radical (unpaired) electrons. The number of aryl methyl sites for hydroxylation is 1. The van der Waals surface area contributed by atoms with Gasteiger partial charge < -0.3 is 5.73 Å². The van der Waals surface area contributed by atoms with E-state index in [1.807, 2.05) is 0 Å². The molecule has 0 atom stereocenters. The number of urea groups is 1. The molecule has 0 saturated carbocycles. The molecule has 0 bridgehead atoms. The van der Waals surface area contributed by atoms with Crippen LogP contribution in [0.5, 0.6) is 0 Å². The number of rotatable bonds is 2. The zero-order valence-corrected chi connectivity index (χ0v) is 9.40. The van der Waals surface area contributed by atoms with Crippen molar-refractivity contribution < 1.29 is 18.4 Å². The van der Waals surface area contributed by atoms with Gasteiger partial charge >= 0.3 is 6.03 Å². The number of fused-ring (bicyclic) bond motifs is 1. The van der Waals surface area contributed by atoms with Crippen molar-refractivity contribution in [3.8, 4) is 0 Å². The van der Waals surface area contributed by atoms with E-state index in [1.54, 1.807) is 0 Å². The molecule has 0 aromatic carbocycles. The highest BCUT2D eigenvalue weighted by molar-refractivity contribution is 5.91. The highest BCUT2D eigenvalue weighted by Crippen LogP contribution is 2.30. The Kier molecular flexibility index (Phi) is 3.22. The first-order valence-electron chi connectivity index (χ1n) is 5.38. The van der Waals surface area contributed by atoms with Crippen LogP contribution >= 0.6 is 0 Å². The first-order valence-corrected chi connectivity index (χ1v) is 5.38. The maximum Gasteiger partial charge on any atom is 0.320 e. The van der Waals surface area contributed by atoms with Crippen LogP contribution in [-0.2, 0) is 6.42 Å². The van der Waals surface area contributed by atoms with Gasteiger partial charge in [0.1, 0.15) is 11.5 Å². The van der Waals surface area contributed by atoms with Crippen LogP contribution in [0.2, 0.25) is 0 Å². The summed E-state index contributed by atoms with van der Waals surface area (Å²) in [7, 11) is 0. The number of hydrogen-bond donors (Lipinski definition) is 1. The molecule has 7 heteroatoms. The second-order valence-electron chi connectivity index (χ2n) is 3.96. The maximum atomic E-state index is 12.7. The Morgan fingerprint density at radius 2 is 2.28 bits per heavy atom. The van der Waals surface area contributed by atoms with Crippen molar-refractivity contribution in [1.29, 1.82) is 0 Å². The van der Waals surface area contributed by atoms with Gasteiger partial charge in [-0.2, -0.15) is 0 Å². The van der Waals surface area contributed by atoms with E-state index in [1.165, 1.54) is 11.0 Å². The monoisotopic (exact) mass is 255 g/mol. The van der Waals surface area contributed by atoms with Crippen LogP contribution in [-0.4, -0.2) is 23.8 Å². The summed E-state index contributed by atoms with van der Waals surface area (Å²) in [5.41, 5.74) is 4.94. The third-order valence-electron chi connectivity index (χ3n) is 2.84. The molecule has 0 spiro atoms. The van der Waals surface area contributed by atoms with Crippen LogP contribution in [0, 0.1) is 0 Å². The van der Waals surface area contributed by atoms with Crippen molar-refractivity contribution in [3.05, 3.63) is 22.9 Å². The number of halogens is 2. The van der Waals surface area contributed by atoms with Gasteiger partial charge in [-0.15, -0.1) is 0 Å². The Bertz CT molecular complexity index is 505. The van der Waals surface area contributed by atoms with Crippen molar-refractivity contribution in [1.82, 2.24) is 4.98 Å². The van der Waals surface area contributed by atoms with Gasteiger partial charge in [0.2, 0.25) is 0 Å². The molecule has 0 saturated heterocycles. The minimum atomic E-state index is -2.77. The van der Waals surface area contributed by atoms with Gasteiger partial charge in [-0.05, 0) is 24.5 Å². The topological polar surface area (TPSA) is 76.3 Å². The Hall–Kier alpha value is -2.05. The summed E-state index contributed by atoms with van der Waals surface area (Å²) in [6.07, 6.45) is -1.35. The second kappa shape index (κ2) is 4.67. The van der Waals surface area contributed by atoms with E-state index in [2.05, 4.69) is 4.98 Å². The lowest BCUT2D eigenvalue weighted by molar-refractivity contribution is 0.110. The summed E-state index contributed by atoms with van der Waals surface area (Å²) in [6.45, 7) is 0.377. The zero-order valence-electron chi connectivity index (χ0n) is 9.40. The molecule has 2 rings (SSSR count). The zero-order chi connectivity index (χ0) is 13.3. The number of aromatic nitrogens is 1. The first-order chi connectivity index (χ1) is 8.54. The number of anilines is 1. The van der Waals surface area contributed by atoms with E-state index in [0.717, 1.165) is 0 Å². The van der Waals surface area contributed by atoms with Crippen molar-refractivity contribution in [2.45, 2.75) is 19.3 Å². The number of aldehydes is 1. The van der Waals surface area contributed by atoms with Crippen molar-refractivity contribution >= 4 is 18.1 Å². The third kappa shape index (κ3) is 2.03. The van der Waals surface area contributed by atoms with Gasteiger partial charge in [-0.3, -0.25) is 9.69 Å². The van der Waals surface area contributed by atoms with Crippen LogP contribution in [0.3, 0.4) is 0 Å². The van der Waals surface area contributed by atoms with Crippen LogP contribution in [0.4, 0.5) is 19.4 Å². The molecule has 96 valence electrons. The molecule has 1 aromatic rings. The number of carbonyl (C=O) groups excluding carboxylic acids is 2. The molecule has 0 fully saturated rings. The largest absolute Gasteiger partial charge is 0.351 e. The second-order valence-corrected chi connectivity index (χ2v) is 3.96. The molecular formula is C11H11F2N3O2. The molecule has 2 heterocycles. The normalized spacial score (nSPS) is 14.5. The quantitative estimate of drug-likeness (QED) is 0.816. The predicted octanol–water partition coefficient (Wildman–Crippen LogP) is 1.66. The van der Waals surface area contributed by atoms with E-state index >= 15 is 0 Å². The number of nitrogens with zero attached hydrogens (tertiary/aromatic N) is 2. The van der Waals surface area contributed by atoms with E-state index in [0.29, 0.717) is 24.9 Å². The summed E-state index contributed by atoms with van der Waals surface area (Å²) >= 11 is 0. The fourth-order valence-electron chi connectivity index (χ4n) is 2.01. The Balaban J connectivity index is 2.56. The summed E-state index contributed by atoms with van der Waals surface area (Å²) in [4.78, 5) is 27.0. The van der Waals surface area contributed by atoms with Gasteiger partial charge in [0.05, 0.1) is 0 Å². The standard InChI is InChI=1S/C11H11F2N3O2/c12-9(13)7-4-6-2-1-3-16(11(14)18)10(6)15-8(7)5-17/h4-5,9H,1-3H2,(H2,14,18). The van der Waals surface area contributed by atoms with Gasteiger partial charge in [0.25, 0.3) is 6.43 Å². The Morgan fingerprint density at radius 3 is 2.83 bits per heavy atom. The molecule has 0 aliphatic carbocycles. The number of hydrogen-bond acceptors (Lipinski definition) is 3. The van der Waals surface area contributed by atoms with E-state index in [4.69, 9.17) is 5.73 Å². The van der Waals surface area contributed by atoms with Crippen LogP contribution in [0.1, 0.15) is 34.5 Å². The minimum Gasteiger partial charge on any atom is -0.351 e. The molecule has 18 heavy (non-hydrogen) atoms. The molecule has 0 unspecified atom stereocenters. The molecule has 1 aromatic heterocycles. The van der Waals surface area contributed by atoms with Gasteiger partial charge in [-0.25, -0.2) is 18.6 Å².